The Labute approximate surface area is 115 Å². The van der Waals surface area contributed by atoms with E-state index in [2.05, 4.69) is 10.3 Å². The van der Waals surface area contributed by atoms with Crippen molar-refractivity contribution in [2.24, 2.45) is 5.14 Å². The van der Waals surface area contributed by atoms with Crippen molar-refractivity contribution in [2.75, 3.05) is 0 Å². The minimum atomic E-state index is -3.77. The average molecular weight is 296 g/mol. The normalized spacial score (nSPS) is 17.7. The molecule has 3 rings (SSSR count). The molecular formula is C12H13FN4O2S. The Morgan fingerprint density at radius 2 is 2.00 bits per heavy atom. The maximum atomic E-state index is 13.7. The molecule has 1 aromatic carbocycles. The van der Waals surface area contributed by atoms with E-state index in [1.807, 2.05) is 0 Å². The average Bonchev–Trinajstić information content (AvgIpc) is 2.75. The summed E-state index contributed by atoms with van der Waals surface area (Å²) in [5.74, 6) is -0.456. The second kappa shape index (κ2) is 4.35. The van der Waals surface area contributed by atoms with Crippen LogP contribution in [0.2, 0.25) is 0 Å². The molecule has 0 radical (unpaired) electrons. The first kappa shape index (κ1) is 13.2. The van der Waals surface area contributed by atoms with Gasteiger partial charge in [0.1, 0.15) is 21.9 Å². The van der Waals surface area contributed by atoms with Gasteiger partial charge in [-0.05, 0) is 31.4 Å². The Kier molecular flexibility index (Phi) is 2.87. The number of nitrogens with two attached hydrogens (primary N) is 1. The van der Waals surface area contributed by atoms with E-state index < -0.39 is 20.6 Å². The van der Waals surface area contributed by atoms with Crippen LogP contribution in [0.5, 0.6) is 0 Å². The molecule has 0 unspecified atom stereocenters. The number of aromatic nitrogens is 3. The van der Waals surface area contributed by atoms with Crippen molar-refractivity contribution in [3.63, 3.8) is 0 Å². The highest BCUT2D eigenvalue weighted by atomic mass is 32.2. The zero-order chi connectivity index (χ0) is 14.4. The first-order chi connectivity index (χ1) is 9.44. The standard InChI is InChI=1S/C12H13FN4O2S/c13-9-4-1-2-5-10(9)17-8-11(15-16-17)12(6-3-7-12)20(14,18)19/h1-2,4-5,8H,3,6-7H2,(H2,14,18,19). The number of rotatable bonds is 3. The van der Waals surface area contributed by atoms with E-state index in [1.165, 1.54) is 23.0 Å². The van der Waals surface area contributed by atoms with Crippen molar-refractivity contribution in [1.29, 1.82) is 0 Å². The lowest BCUT2D eigenvalue weighted by atomic mass is 9.82. The number of para-hydroxylation sites is 1. The van der Waals surface area contributed by atoms with Gasteiger partial charge in [-0.3, -0.25) is 0 Å². The van der Waals surface area contributed by atoms with Crippen LogP contribution in [0.15, 0.2) is 30.5 Å². The Hall–Kier alpha value is -1.80. The molecule has 0 aliphatic heterocycles. The summed E-state index contributed by atoms with van der Waals surface area (Å²) in [6.07, 6.45) is 3.04. The molecule has 1 saturated carbocycles. The van der Waals surface area contributed by atoms with Gasteiger partial charge in [0, 0.05) is 0 Å². The Morgan fingerprint density at radius 3 is 2.55 bits per heavy atom. The second-order valence-electron chi connectivity index (χ2n) is 4.89. The molecule has 6 nitrogen and oxygen atoms in total. The summed E-state index contributed by atoms with van der Waals surface area (Å²) in [4.78, 5) is 0. The zero-order valence-electron chi connectivity index (χ0n) is 10.5. The van der Waals surface area contributed by atoms with Gasteiger partial charge in [0.2, 0.25) is 10.0 Å². The first-order valence-electron chi connectivity index (χ1n) is 6.14. The van der Waals surface area contributed by atoms with Gasteiger partial charge < -0.3 is 0 Å². The highest BCUT2D eigenvalue weighted by Crippen LogP contribution is 2.46. The van der Waals surface area contributed by atoms with E-state index >= 15 is 0 Å². The van der Waals surface area contributed by atoms with E-state index in [0.29, 0.717) is 12.8 Å². The van der Waals surface area contributed by atoms with E-state index in [4.69, 9.17) is 5.14 Å². The lowest BCUT2D eigenvalue weighted by Gasteiger charge is -2.37. The maximum absolute atomic E-state index is 13.7. The smallest absolute Gasteiger partial charge is 0.220 e. The van der Waals surface area contributed by atoms with Crippen LogP contribution in [0.1, 0.15) is 25.0 Å². The largest absolute Gasteiger partial charge is 0.228 e. The van der Waals surface area contributed by atoms with Gasteiger partial charge in [0.15, 0.2) is 0 Å². The van der Waals surface area contributed by atoms with Crippen LogP contribution >= 0.6 is 0 Å². The second-order valence-corrected chi connectivity index (χ2v) is 6.76. The van der Waals surface area contributed by atoms with E-state index in [-0.39, 0.29) is 11.4 Å². The van der Waals surface area contributed by atoms with Crippen LogP contribution < -0.4 is 5.14 Å². The minimum Gasteiger partial charge on any atom is -0.228 e. The number of sulfonamides is 1. The summed E-state index contributed by atoms with van der Waals surface area (Å²) < 4.78 is 37.3. The fraction of sp³-hybridized carbons (Fsp3) is 0.333. The predicted molar refractivity (Wildman–Crippen MR) is 70.0 cm³/mol. The highest BCUT2D eigenvalue weighted by Gasteiger charge is 2.51. The van der Waals surface area contributed by atoms with Crippen molar-refractivity contribution in [1.82, 2.24) is 15.0 Å². The number of hydrogen-bond donors (Lipinski definition) is 1. The van der Waals surface area contributed by atoms with Gasteiger partial charge in [-0.25, -0.2) is 22.6 Å². The SMILES string of the molecule is NS(=O)(=O)C1(c2cn(-c3ccccc3F)nn2)CCC1. The van der Waals surface area contributed by atoms with Crippen molar-refractivity contribution in [3.8, 4) is 5.69 Å². The van der Waals surface area contributed by atoms with Crippen LogP contribution in [-0.4, -0.2) is 23.4 Å². The summed E-state index contributed by atoms with van der Waals surface area (Å²) in [6.45, 7) is 0. The van der Waals surface area contributed by atoms with Crippen LogP contribution in [0.3, 0.4) is 0 Å². The maximum Gasteiger partial charge on any atom is 0.220 e. The molecule has 1 fully saturated rings. The van der Waals surface area contributed by atoms with Crippen molar-refractivity contribution in [2.45, 2.75) is 24.0 Å². The predicted octanol–water partition coefficient (Wildman–Crippen LogP) is 1.07. The van der Waals surface area contributed by atoms with Gasteiger partial charge >= 0.3 is 0 Å². The molecule has 2 aromatic rings. The Balaban J connectivity index is 2.06. The summed E-state index contributed by atoms with van der Waals surface area (Å²) >= 11 is 0. The Bertz CT molecular complexity index is 752. The molecule has 1 heterocycles. The van der Waals surface area contributed by atoms with E-state index in [0.717, 1.165) is 6.42 Å². The van der Waals surface area contributed by atoms with Crippen molar-refractivity contribution in [3.05, 3.63) is 42.0 Å². The first-order valence-corrected chi connectivity index (χ1v) is 7.69. The number of primary sulfonamides is 1. The third kappa shape index (κ3) is 1.83. The topological polar surface area (TPSA) is 90.9 Å². The number of hydrogen-bond acceptors (Lipinski definition) is 4. The molecule has 0 saturated heterocycles. The highest BCUT2D eigenvalue weighted by molar-refractivity contribution is 7.90. The minimum absolute atomic E-state index is 0.218. The summed E-state index contributed by atoms with van der Waals surface area (Å²) in [7, 11) is -3.77. The van der Waals surface area contributed by atoms with Crippen LogP contribution in [-0.2, 0) is 14.8 Å². The number of halogens is 1. The fourth-order valence-electron chi connectivity index (χ4n) is 2.41. The lowest BCUT2D eigenvalue weighted by Crippen LogP contribution is -2.46. The van der Waals surface area contributed by atoms with Crippen LogP contribution in [0.4, 0.5) is 4.39 Å². The molecule has 20 heavy (non-hydrogen) atoms. The molecule has 106 valence electrons. The van der Waals surface area contributed by atoms with Crippen molar-refractivity contribution < 1.29 is 12.8 Å². The van der Waals surface area contributed by atoms with Gasteiger partial charge in [0.05, 0.1) is 6.20 Å². The number of nitrogens with zero attached hydrogens (tertiary/aromatic N) is 3. The molecule has 0 bridgehead atoms. The van der Waals surface area contributed by atoms with Gasteiger partial charge in [-0.15, -0.1) is 5.10 Å². The van der Waals surface area contributed by atoms with Crippen molar-refractivity contribution >= 4 is 10.0 Å². The third-order valence-electron chi connectivity index (χ3n) is 3.77. The van der Waals surface area contributed by atoms with Crippen LogP contribution in [0, 0.1) is 5.82 Å². The van der Waals surface area contributed by atoms with E-state index in [1.54, 1.807) is 12.1 Å². The molecular weight excluding hydrogens is 283 g/mol. The van der Waals surface area contributed by atoms with E-state index in [9.17, 15) is 12.8 Å². The molecule has 0 atom stereocenters. The lowest BCUT2D eigenvalue weighted by molar-refractivity contribution is 0.337. The summed E-state index contributed by atoms with van der Waals surface area (Å²) in [6, 6.07) is 6.07. The van der Waals surface area contributed by atoms with Gasteiger partial charge in [0.25, 0.3) is 0 Å². The fourth-order valence-corrected chi connectivity index (χ4v) is 3.65. The zero-order valence-corrected chi connectivity index (χ0v) is 11.3. The number of benzene rings is 1. The molecule has 0 amide bonds. The Morgan fingerprint density at radius 1 is 1.30 bits per heavy atom. The summed E-state index contributed by atoms with van der Waals surface area (Å²) in [5.41, 5.74) is 0.490. The third-order valence-corrected chi connectivity index (χ3v) is 5.47. The van der Waals surface area contributed by atoms with Gasteiger partial charge in [-0.2, -0.15) is 0 Å². The summed E-state index contributed by atoms with van der Waals surface area (Å²) in [5, 5.41) is 13.0. The molecule has 8 heteroatoms. The molecule has 1 aromatic heterocycles. The quantitative estimate of drug-likeness (QED) is 0.917. The molecule has 2 N–H and O–H groups in total. The van der Waals surface area contributed by atoms with Crippen LogP contribution in [0.25, 0.3) is 5.69 Å². The monoisotopic (exact) mass is 296 g/mol. The van der Waals surface area contributed by atoms with Gasteiger partial charge in [-0.1, -0.05) is 17.3 Å². The molecule has 1 aliphatic carbocycles. The molecule has 1 aliphatic rings. The molecule has 0 spiro atoms.